The first-order valence-corrected chi connectivity index (χ1v) is 4.38. The van der Waals surface area contributed by atoms with Crippen molar-refractivity contribution in [3.63, 3.8) is 0 Å². The second kappa shape index (κ2) is 7.56. The van der Waals surface area contributed by atoms with Crippen molar-refractivity contribution in [2.24, 2.45) is 0 Å². The number of hydrogen-bond acceptors (Lipinski definition) is 6. The molecule has 1 aromatic rings. The van der Waals surface area contributed by atoms with Gasteiger partial charge in [-0.05, 0) is 0 Å². The average Bonchev–Trinajstić information content (AvgIpc) is 2.26. The molecular weight excluding hydrogens is 221 g/mol. The summed E-state index contributed by atoms with van der Waals surface area (Å²) >= 11 is 0. The Morgan fingerprint density at radius 1 is 1.50 bits per heavy atom. The van der Waals surface area contributed by atoms with Gasteiger partial charge in [0.25, 0.3) is 0 Å². The fraction of sp³-hybridized carbons (Fsp3) is 0.444. The molecule has 1 rings (SSSR count). The van der Waals surface area contributed by atoms with Gasteiger partial charge >= 0.3 is 29.6 Å². The van der Waals surface area contributed by atoms with E-state index in [0.717, 1.165) is 0 Å². The van der Waals surface area contributed by atoms with Gasteiger partial charge in [0.2, 0.25) is 0 Å². The molecule has 0 amide bonds. The summed E-state index contributed by atoms with van der Waals surface area (Å²) in [6.07, 6.45) is 2.56. The minimum atomic E-state index is -1.33. The average molecular weight is 233 g/mol. The largest absolute Gasteiger partial charge is 1.00 e. The smallest absolute Gasteiger partial charge is 0.543 e. The zero-order chi connectivity index (χ0) is 11.3. The summed E-state index contributed by atoms with van der Waals surface area (Å²) in [6, 6.07) is 0. The van der Waals surface area contributed by atoms with Gasteiger partial charge in [0.05, 0.1) is 25.0 Å². The van der Waals surface area contributed by atoms with Crippen molar-refractivity contribution >= 4 is 11.8 Å². The van der Waals surface area contributed by atoms with Crippen molar-refractivity contribution in [1.29, 1.82) is 0 Å². The third kappa shape index (κ3) is 4.44. The normalized spacial score (nSPS) is 9.38. The quantitative estimate of drug-likeness (QED) is 0.481. The monoisotopic (exact) mass is 233 g/mol. The van der Waals surface area contributed by atoms with E-state index >= 15 is 0 Å². The molecule has 1 aromatic heterocycles. The Morgan fingerprint density at radius 3 is 2.62 bits per heavy atom. The Kier molecular flexibility index (Phi) is 7.24. The summed E-state index contributed by atoms with van der Waals surface area (Å²) in [5.41, 5.74) is -0.168. The van der Waals surface area contributed by atoms with Crippen LogP contribution in [-0.4, -0.2) is 43.2 Å². The van der Waals surface area contributed by atoms with E-state index in [2.05, 4.69) is 9.97 Å². The Labute approximate surface area is 116 Å². The van der Waals surface area contributed by atoms with Gasteiger partial charge < -0.3 is 19.5 Å². The van der Waals surface area contributed by atoms with Crippen LogP contribution < -0.4 is 39.6 Å². The van der Waals surface area contributed by atoms with E-state index in [1.807, 2.05) is 11.9 Å². The van der Waals surface area contributed by atoms with Crippen LogP contribution in [0.3, 0.4) is 0 Å². The molecule has 6 nitrogen and oxygen atoms in total. The van der Waals surface area contributed by atoms with Crippen LogP contribution in [0, 0.1) is 0 Å². The molecule has 0 aromatic carbocycles. The molecule has 0 saturated heterocycles. The third-order valence-electron chi connectivity index (χ3n) is 1.87. The van der Waals surface area contributed by atoms with Crippen LogP contribution in [0.2, 0.25) is 0 Å². The number of anilines is 1. The van der Waals surface area contributed by atoms with Gasteiger partial charge in [0, 0.05) is 20.7 Å². The number of rotatable bonds is 5. The van der Waals surface area contributed by atoms with Crippen molar-refractivity contribution in [3.05, 3.63) is 18.1 Å². The molecule has 82 valence electrons. The maximum atomic E-state index is 10.4. The topological polar surface area (TPSA) is 78.4 Å². The van der Waals surface area contributed by atoms with Crippen LogP contribution in [0.15, 0.2) is 12.4 Å². The molecule has 0 N–H and O–H groups in total. The van der Waals surface area contributed by atoms with Crippen LogP contribution in [0.4, 0.5) is 5.82 Å². The van der Waals surface area contributed by atoms with Gasteiger partial charge in [-0.1, -0.05) is 0 Å². The van der Waals surface area contributed by atoms with E-state index in [1.54, 1.807) is 7.11 Å². The van der Waals surface area contributed by atoms with Crippen molar-refractivity contribution in [2.75, 3.05) is 32.2 Å². The molecule has 0 spiro atoms. The fourth-order valence-electron chi connectivity index (χ4n) is 0.967. The number of carboxylic acids is 1. The number of likely N-dealkylation sites (N-methyl/N-ethyl adjacent to an activating group) is 1. The minimum Gasteiger partial charge on any atom is -0.543 e. The first kappa shape index (κ1) is 15.3. The number of ether oxygens (including phenoxy) is 1. The molecule has 0 fully saturated rings. The molecule has 1 heterocycles. The summed E-state index contributed by atoms with van der Waals surface area (Å²) in [5, 5.41) is 10.4. The molecule has 0 aliphatic rings. The number of methoxy groups -OCH3 is 1. The zero-order valence-corrected chi connectivity index (χ0v) is 11.6. The number of nitrogens with zero attached hydrogens (tertiary/aromatic N) is 3. The van der Waals surface area contributed by atoms with E-state index in [4.69, 9.17) is 4.74 Å². The van der Waals surface area contributed by atoms with Gasteiger partial charge in [0.15, 0.2) is 0 Å². The molecule has 7 heteroatoms. The Hall–Kier alpha value is -0.690. The number of carboxylic acid groups (broad SMARTS) is 1. The molecule has 0 atom stereocenters. The van der Waals surface area contributed by atoms with Gasteiger partial charge in [-0.15, -0.1) is 0 Å². The van der Waals surface area contributed by atoms with Crippen molar-refractivity contribution < 1.29 is 44.2 Å². The third-order valence-corrected chi connectivity index (χ3v) is 1.87. The molecule has 0 radical (unpaired) electrons. The van der Waals surface area contributed by atoms with E-state index in [9.17, 15) is 9.90 Å². The van der Waals surface area contributed by atoms with Crippen LogP contribution in [0.1, 0.15) is 10.5 Å². The molecule has 0 bridgehead atoms. The van der Waals surface area contributed by atoms with Crippen molar-refractivity contribution in [1.82, 2.24) is 9.97 Å². The second-order valence-electron chi connectivity index (χ2n) is 2.96. The van der Waals surface area contributed by atoms with Crippen molar-refractivity contribution in [2.45, 2.75) is 0 Å². The fourth-order valence-corrected chi connectivity index (χ4v) is 0.967. The maximum absolute atomic E-state index is 10.4. The van der Waals surface area contributed by atoms with Gasteiger partial charge in [-0.3, -0.25) is 0 Å². The summed E-state index contributed by atoms with van der Waals surface area (Å²) < 4.78 is 4.90. The summed E-state index contributed by atoms with van der Waals surface area (Å²) in [5.74, 6) is -0.731. The van der Waals surface area contributed by atoms with Crippen LogP contribution in [-0.2, 0) is 4.74 Å². The standard InChI is InChI=1S/C9H13N3O3.Na/c1-12(3-4-15-2)8-6-10-7(5-11-8)9(13)14;/h5-6H,3-4H2,1-2H3,(H,13,14);/q;+1/p-1. The molecule has 0 unspecified atom stereocenters. The minimum absolute atomic E-state index is 0. The Balaban J connectivity index is 0.00000225. The molecule has 0 aliphatic carbocycles. The number of carbonyl (C=O) groups is 1. The molecule has 0 saturated carbocycles. The predicted molar refractivity (Wildman–Crippen MR) is 51.5 cm³/mol. The number of aromatic nitrogens is 2. The predicted octanol–water partition coefficient (Wildman–Crippen LogP) is -4.07. The van der Waals surface area contributed by atoms with E-state index in [-0.39, 0.29) is 35.3 Å². The molecule has 16 heavy (non-hydrogen) atoms. The first-order valence-electron chi connectivity index (χ1n) is 4.38. The maximum Gasteiger partial charge on any atom is 1.00 e. The SMILES string of the molecule is COCCN(C)c1cnc(C(=O)[O-])cn1.[Na+]. The van der Waals surface area contributed by atoms with Crippen LogP contribution >= 0.6 is 0 Å². The van der Waals surface area contributed by atoms with Gasteiger partial charge in [0.1, 0.15) is 11.5 Å². The van der Waals surface area contributed by atoms with E-state index < -0.39 is 5.97 Å². The van der Waals surface area contributed by atoms with Crippen LogP contribution in [0.5, 0.6) is 0 Å². The molecular formula is C9H12N3NaO3. The first-order chi connectivity index (χ1) is 7.15. The second-order valence-corrected chi connectivity index (χ2v) is 2.96. The molecule has 0 aliphatic heterocycles. The summed E-state index contributed by atoms with van der Waals surface area (Å²) in [6.45, 7) is 1.23. The Bertz CT molecular complexity index is 331. The number of carbonyl (C=O) groups excluding carboxylic acids is 1. The van der Waals surface area contributed by atoms with E-state index in [1.165, 1.54) is 12.4 Å². The number of hydrogen-bond donors (Lipinski definition) is 0. The summed E-state index contributed by atoms with van der Waals surface area (Å²) in [7, 11) is 3.43. The Morgan fingerprint density at radius 2 is 2.19 bits per heavy atom. The van der Waals surface area contributed by atoms with Crippen LogP contribution in [0.25, 0.3) is 0 Å². The van der Waals surface area contributed by atoms with Gasteiger partial charge in [-0.25, -0.2) is 9.97 Å². The summed E-state index contributed by atoms with van der Waals surface area (Å²) in [4.78, 5) is 19.9. The van der Waals surface area contributed by atoms with Crippen molar-refractivity contribution in [3.8, 4) is 0 Å². The number of aromatic carboxylic acids is 1. The van der Waals surface area contributed by atoms with E-state index in [0.29, 0.717) is 19.0 Å². The zero-order valence-electron chi connectivity index (χ0n) is 9.64. The van der Waals surface area contributed by atoms with Gasteiger partial charge in [-0.2, -0.15) is 0 Å².